The van der Waals surface area contributed by atoms with E-state index in [0.29, 0.717) is 31.8 Å². The number of likely N-dealkylation sites (tertiary alicyclic amines) is 2. The Hall–Kier alpha value is -0.890. The van der Waals surface area contributed by atoms with Crippen LogP contribution < -0.4 is 5.32 Å². The smallest absolute Gasteiger partial charge is 0.317 e. The van der Waals surface area contributed by atoms with Crippen molar-refractivity contribution >= 4 is 6.03 Å². The summed E-state index contributed by atoms with van der Waals surface area (Å²) < 4.78 is 16.4. The first-order valence-electron chi connectivity index (χ1n) is 9.54. The second-order valence-electron chi connectivity index (χ2n) is 7.83. The molecule has 7 heteroatoms. The molecule has 3 unspecified atom stereocenters. The molecule has 0 radical (unpaired) electrons. The largest absolute Gasteiger partial charge is 0.382 e. The lowest BCUT2D eigenvalue weighted by molar-refractivity contribution is -0.0764. The third-order valence-corrected chi connectivity index (χ3v) is 5.81. The van der Waals surface area contributed by atoms with E-state index < -0.39 is 0 Å². The van der Waals surface area contributed by atoms with Gasteiger partial charge in [0.1, 0.15) is 6.10 Å². The van der Waals surface area contributed by atoms with E-state index in [4.69, 9.17) is 14.2 Å². The van der Waals surface area contributed by atoms with Crippen molar-refractivity contribution in [3.05, 3.63) is 0 Å². The zero-order chi connectivity index (χ0) is 17.7. The lowest BCUT2D eigenvalue weighted by Gasteiger charge is -2.38. The van der Waals surface area contributed by atoms with Crippen LogP contribution >= 0.6 is 0 Å². The Morgan fingerprint density at radius 1 is 1.28 bits per heavy atom. The lowest BCUT2D eigenvalue weighted by Crippen LogP contribution is -2.54. The fraction of sp³-hybridized carbons (Fsp3) is 0.944. The van der Waals surface area contributed by atoms with Crippen molar-refractivity contribution in [3.63, 3.8) is 0 Å². The number of ether oxygens (including phenoxy) is 3. The number of piperidine rings is 1. The van der Waals surface area contributed by atoms with Crippen LogP contribution in [0.1, 0.15) is 25.7 Å². The summed E-state index contributed by atoms with van der Waals surface area (Å²) in [4.78, 5) is 17.2. The van der Waals surface area contributed by atoms with Gasteiger partial charge in [-0.2, -0.15) is 0 Å². The summed E-state index contributed by atoms with van der Waals surface area (Å²) in [5.41, 5.74) is 0.300. The van der Waals surface area contributed by atoms with Crippen LogP contribution in [0.15, 0.2) is 0 Å². The molecule has 7 nitrogen and oxygen atoms in total. The number of carbonyl (C=O) groups is 1. The maximum Gasteiger partial charge on any atom is 0.317 e. The molecule has 3 atom stereocenters. The maximum atomic E-state index is 12.8. The molecule has 3 heterocycles. The van der Waals surface area contributed by atoms with E-state index in [1.54, 1.807) is 7.11 Å². The van der Waals surface area contributed by atoms with Crippen molar-refractivity contribution in [2.45, 2.75) is 37.8 Å². The number of rotatable bonds is 5. The van der Waals surface area contributed by atoms with Crippen LogP contribution in [0.2, 0.25) is 0 Å². The highest BCUT2D eigenvalue weighted by molar-refractivity contribution is 5.75. The number of hydrogen-bond acceptors (Lipinski definition) is 5. The molecule has 25 heavy (non-hydrogen) atoms. The number of methoxy groups -OCH3 is 1. The Morgan fingerprint density at radius 3 is 2.96 bits per heavy atom. The maximum absolute atomic E-state index is 12.8. The summed E-state index contributed by atoms with van der Waals surface area (Å²) >= 11 is 0. The van der Waals surface area contributed by atoms with Gasteiger partial charge in [-0.1, -0.05) is 0 Å². The standard InChI is InChI=1S/C18H33N3O4/c1-20-7-3-5-18(13-20)6-8-21(14-18)17(22)19-15-4-9-24-12-16(15)25-11-10-23-2/h15-16H,3-14H2,1-2H3,(H,19,22). The van der Waals surface area contributed by atoms with Crippen molar-refractivity contribution in [2.75, 3.05) is 66.8 Å². The predicted molar refractivity (Wildman–Crippen MR) is 94.7 cm³/mol. The Labute approximate surface area is 150 Å². The topological polar surface area (TPSA) is 63.3 Å². The summed E-state index contributed by atoms with van der Waals surface area (Å²) in [6, 6.07) is 0.0704. The number of nitrogens with one attached hydrogen (secondary N) is 1. The van der Waals surface area contributed by atoms with Crippen molar-refractivity contribution in [1.82, 2.24) is 15.1 Å². The van der Waals surface area contributed by atoms with E-state index in [1.807, 2.05) is 4.90 Å². The molecule has 3 aliphatic heterocycles. The second kappa shape index (κ2) is 8.66. The minimum absolute atomic E-state index is 0.0173. The van der Waals surface area contributed by atoms with E-state index in [9.17, 15) is 4.79 Å². The second-order valence-corrected chi connectivity index (χ2v) is 7.83. The van der Waals surface area contributed by atoms with Crippen molar-refractivity contribution in [1.29, 1.82) is 0 Å². The number of amides is 2. The van der Waals surface area contributed by atoms with Gasteiger partial charge in [0.15, 0.2) is 0 Å². The highest BCUT2D eigenvalue weighted by atomic mass is 16.6. The molecule has 3 fully saturated rings. The summed E-state index contributed by atoms with van der Waals surface area (Å²) in [6.45, 7) is 6.30. The van der Waals surface area contributed by atoms with Crippen LogP contribution in [0.3, 0.4) is 0 Å². The summed E-state index contributed by atoms with van der Waals surface area (Å²) in [7, 11) is 3.85. The minimum atomic E-state index is -0.0924. The van der Waals surface area contributed by atoms with Gasteiger partial charge in [-0.05, 0) is 39.3 Å². The van der Waals surface area contributed by atoms with Crippen molar-refractivity contribution < 1.29 is 19.0 Å². The molecule has 144 valence electrons. The first-order valence-corrected chi connectivity index (χ1v) is 9.54. The Kier molecular flexibility index (Phi) is 6.55. The van der Waals surface area contributed by atoms with E-state index in [0.717, 1.165) is 32.5 Å². The van der Waals surface area contributed by atoms with Gasteiger partial charge in [0.25, 0.3) is 0 Å². The molecule has 2 amide bonds. The fourth-order valence-electron chi connectivity index (χ4n) is 4.47. The average Bonchev–Trinajstić information content (AvgIpc) is 3.00. The van der Waals surface area contributed by atoms with Gasteiger partial charge in [0.2, 0.25) is 0 Å². The quantitative estimate of drug-likeness (QED) is 0.744. The van der Waals surface area contributed by atoms with E-state index >= 15 is 0 Å². The van der Waals surface area contributed by atoms with E-state index in [2.05, 4.69) is 17.3 Å². The Balaban J connectivity index is 1.50. The lowest BCUT2D eigenvalue weighted by atomic mass is 9.79. The zero-order valence-corrected chi connectivity index (χ0v) is 15.7. The minimum Gasteiger partial charge on any atom is -0.382 e. The van der Waals surface area contributed by atoms with Crippen molar-refractivity contribution in [2.24, 2.45) is 5.41 Å². The fourth-order valence-corrected chi connectivity index (χ4v) is 4.47. The third kappa shape index (κ3) is 4.84. The molecule has 0 bridgehead atoms. The summed E-state index contributed by atoms with van der Waals surface area (Å²) in [5, 5.41) is 3.20. The van der Waals surface area contributed by atoms with E-state index in [-0.39, 0.29) is 18.2 Å². The number of hydrogen-bond donors (Lipinski definition) is 1. The van der Waals surface area contributed by atoms with Crippen molar-refractivity contribution in [3.8, 4) is 0 Å². The van der Waals surface area contributed by atoms with E-state index in [1.165, 1.54) is 19.4 Å². The van der Waals surface area contributed by atoms with Crippen LogP contribution in [-0.2, 0) is 14.2 Å². The SMILES string of the molecule is COCCOC1COCCC1NC(=O)N1CCC2(CCCN(C)C2)C1. The molecule has 1 N–H and O–H groups in total. The molecule has 3 saturated heterocycles. The molecule has 1 spiro atoms. The molecule has 0 saturated carbocycles. The van der Waals surface area contributed by atoms with Crippen LogP contribution in [0.5, 0.6) is 0 Å². The van der Waals surface area contributed by atoms with Crippen LogP contribution in [0, 0.1) is 5.41 Å². The highest BCUT2D eigenvalue weighted by Crippen LogP contribution is 2.38. The summed E-state index contributed by atoms with van der Waals surface area (Å²) in [5.74, 6) is 0. The van der Waals surface area contributed by atoms with Gasteiger partial charge in [-0.3, -0.25) is 0 Å². The van der Waals surface area contributed by atoms with Gasteiger partial charge >= 0.3 is 6.03 Å². The molecule has 3 aliphatic rings. The molecule has 0 aromatic heterocycles. The highest BCUT2D eigenvalue weighted by Gasteiger charge is 2.42. The monoisotopic (exact) mass is 355 g/mol. The van der Waals surface area contributed by atoms with Gasteiger partial charge in [-0.15, -0.1) is 0 Å². The molecular formula is C18H33N3O4. The molecular weight excluding hydrogens is 322 g/mol. The third-order valence-electron chi connectivity index (χ3n) is 5.81. The van der Waals surface area contributed by atoms with Gasteiger partial charge < -0.3 is 29.3 Å². The van der Waals surface area contributed by atoms with Gasteiger partial charge in [-0.25, -0.2) is 4.79 Å². The number of nitrogens with zero attached hydrogens (tertiary/aromatic N) is 2. The predicted octanol–water partition coefficient (Wildman–Crippen LogP) is 0.934. The summed E-state index contributed by atoms with van der Waals surface area (Å²) in [6.07, 6.45) is 4.30. The normalized spacial score (nSPS) is 33.8. The molecule has 0 aliphatic carbocycles. The number of carbonyl (C=O) groups excluding carboxylic acids is 1. The first-order chi connectivity index (χ1) is 12.1. The zero-order valence-electron chi connectivity index (χ0n) is 15.7. The molecule has 0 aromatic carbocycles. The van der Waals surface area contributed by atoms with Gasteiger partial charge in [0.05, 0.1) is 25.9 Å². The van der Waals surface area contributed by atoms with Crippen LogP contribution in [0.4, 0.5) is 4.79 Å². The first kappa shape index (κ1) is 18.9. The molecule has 3 rings (SSSR count). The van der Waals surface area contributed by atoms with Crippen LogP contribution in [0.25, 0.3) is 0 Å². The molecule has 0 aromatic rings. The Morgan fingerprint density at radius 2 is 2.16 bits per heavy atom. The number of urea groups is 1. The van der Waals surface area contributed by atoms with Gasteiger partial charge in [0, 0.05) is 38.8 Å². The van der Waals surface area contributed by atoms with Crippen LogP contribution in [-0.4, -0.2) is 94.7 Å². The average molecular weight is 355 g/mol. The Bertz CT molecular complexity index is 450.